The van der Waals surface area contributed by atoms with E-state index in [1.54, 1.807) is 0 Å². The Bertz CT molecular complexity index is 1270. The molecule has 3 aromatic carbocycles. The van der Waals surface area contributed by atoms with Gasteiger partial charge in [-0.25, -0.2) is 4.79 Å². The van der Waals surface area contributed by atoms with Crippen molar-refractivity contribution >= 4 is 35.2 Å². The Balaban J connectivity index is 1.29. The number of fused-ring (bicyclic) bond motifs is 3. The SMILES string of the molecule is CC1(C)OB(C(=Cc2ccc(Br)cc2)CNC(=O)OCC2c3ccccc3-c3ccccc32)OC1(C)C. The van der Waals surface area contributed by atoms with Crippen molar-refractivity contribution in [3.8, 4) is 11.1 Å². The zero-order valence-corrected chi connectivity index (χ0v) is 23.2. The average molecular weight is 560 g/mol. The molecule has 2 aliphatic rings. The van der Waals surface area contributed by atoms with Gasteiger partial charge in [0.05, 0.1) is 11.2 Å². The van der Waals surface area contributed by atoms with Crippen LogP contribution in [0.15, 0.2) is 82.7 Å². The van der Waals surface area contributed by atoms with Crippen molar-refractivity contribution in [1.82, 2.24) is 5.32 Å². The van der Waals surface area contributed by atoms with E-state index in [0.717, 1.165) is 15.5 Å². The maximum atomic E-state index is 12.8. The quantitative estimate of drug-likeness (QED) is 0.330. The molecule has 1 fully saturated rings. The van der Waals surface area contributed by atoms with E-state index < -0.39 is 24.4 Å². The maximum absolute atomic E-state index is 12.8. The van der Waals surface area contributed by atoms with E-state index in [9.17, 15) is 4.79 Å². The third-order valence-corrected chi connectivity index (χ3v) is 8.09. The van der Waals surface area contributed by atoms with Crippen LogP contribution in [0, 0.1) is 0 Å². The first kappa shape index (κ1) is 25.8. The molecule has 37 heavy (non-hydrogen) atoms. The van der Waals surface area contributed by atoms with Gasteiger partial charge in [-0.2, -0.15) is 0 Å². The monoisotopic (exact) mass is 559 g/mol. The number of hydrogen-bond acceptors (Lipinski definition) is 4. The predicted molar refractivity (Wildman–Crippen MR) is 151 cm³/mol. The maximum Gasteiger partial charge on any atom is 0.492 e. The van der Waals surface area contributed by atoms with Crippen LogP contribution in [-0.2, 0) is 14.0 Å². The van der Waals surface area contributed by atoms with Crippen LogP contribution < -0.4 is 5.32 Å². The van der Waals surface area contributed by atoms with E-state index in [1.165, 1.54) is 22.3 Å². The molecular formula is C30H31BBrNO4. The van der Waals surface area contributed by atoms with Gasteiger partial charge in [0.1, 0.15) is 6.61 Å². The molecule has 1 heterocycles. The van der Waals surface area contributed by atoms with Crippen LogP contribution in [0.2, 0.25) is 0 Å². The second-order valence-electron chi connectivity index (χ2n) is 10.5. The lowest BCUT2D eigenvalue weighted by atomic mass is 9.77. The summed E-state index contributed by atoms with van der Waals surface area (Å²) in [5, 5.41) is 2.92. The summed E-state index contributed by atoms with van der Waals surface area (Å²) < 4.78 is 19.3. The fourth-order valence-corrected chi connectivity index (χ4v) is 5.06. The van der Waals surface area contributed by atoms with E-state index in [1.807, 2.05) is 82.3 Å². The molecule has 1 saturated heterocycles. The Labute approximate surface area is 227 Å². The third kappa shape index (κ3) is 5.26. The molecule has 0 spiro atoms. The summed E-state index contributed by atoms with van der Waals surface area (Å²) in [6, 6.07) is 24.6. The Hall–Kier alpha value is -2.87. The number of halogens is 1. The molecule has 7 heteroatoms. The molecule has 1 aliphatic carbocycles. The van der Waals surface area contributed by atoms with E-state index >= 15 is 0 Å². The number of ether oxygens (including phenoxy) is 1. The van der Waals surface area contributed by atoms with Crippen molar-refractivity contribution in [2.45, 2.75) is 44.8 Å². The van der Waals surface area contributed by atoms with Crippen LogP contribution in [0.3, 0.4) is 0 Å². The molecule has 0 bridgehead atoms. The third-order valence-electron chi connectivity index (χ3n) is 7.56. The van der Waals surface area contributed by atoms with Gasteiger partial charge in [0.25, 0.3) is 0 Å². The lowest BCUT2D eigenvalue weighted by molar-refractivity contribution is 0.00578. The van der Waals surface area contributed by atoms with Crippen molar-refractivity contribution in [2.24, 2.45) is 0 Å². The molecule has 1 aliphatic heterocycles. The van der Waals surface area contributed by atoms with E-state index in [-0.39, 0.29) is 19.1 Å². The fourth-order valence-electron chi connectivity index (χ4n) is 4.79. The summed E-state index contributed by atoms with van der Waals surface area (Å²) in [6.07, 6.45) is 1.53. The molecule has 1 N–H and O–H groups in total. The molecular weight excluding hydrogens is 529 g/mol. The number of benzene rings is 3. The van der Waals surface area contributed by atoms with Gasteiger partial charge < -0.3 is 19.4 Å². The van der Waals surface area contributed by atoms with Gasteiger partial charge in [-0.15, -0.1) is 0 Å². The fraction of sp³-hybridized carbons (Fsp3) is 0.300. The van der Waals surface area contributed by atoms with Gasteiger partial charge in [-0.3, -0.25) is 0 Å². The Morgan fingerprint density at radius 2 is 1.46 bits per heavy atom. The molecule has 0 radical (unpaired) electrons. The predicted octanol–water partition coefficient (Wildman–Crippen LogP) is 7.00. The van der Waals surface area contributed by atoms with Crippen molar-refractivity contribution in [3.05, 3.63) is 99.4 Å². The number of amides is 1. The van der Waals surface area contributed by atoms with Crippen molar-refractivity contribution in [1.29, 1.82) is 0 Å². The number of rotatable bonds is 6. The minimum atomic E-state index is -0.581. The largest absolute Gasteiger partial charge is 0.492 e. The van der Waals surface area contributed by atoms with Gasteiger partial charge >= 0.3 is 13.2 Å². The van der Waals surface area contributed by atoms with Crippen molar-refractivity contribution in [2.75, 3.05) is 13.2 Å². The minimum absolute atomic E-state index is 0.0130. The van der Waals surface area contributed by atoms with Crippen LogP contribution in [-0.4, -0.2) is 37.6 Å². The normalized spacial score (nSPS) is 17.9. The highest BCUT2D eigenvalue weighted by molar-refractivity contribution is 9.10. The first-order chi connectivity index (χ1) is 17.6. The lowest BCUT2D eigenvalue weighted by Gasteiger charge is -2.32. The van der Waals surface area contributed by atoms with Gasteiger partial charge in [0.15, 0.2) is 0 Å². The van der Waals surface area contributed by atoms with E-state index in [4.69, 9.17) is 14.0 Å². The highest BCUT2D eigenvalue weighted by Crippen LogP contribution is 2.44. The average Bonchev–Trinajstić information content (AvgIpc) is 3.30. The molecule has 190 valence electrons. The van der Waals surface area contributed by atoms with Gasteiger partial charge in [-0.05, 0) is 73.1 Å². The zero-order chi connectivity index (χ0) is 26.2. The Morgan fingerprint density at radius 3 is 2.03 bits per heavy atom. The van der Waals surface area contributed by atoms with Crippen molar-refractivity contribution < 1.29 is 18.8 Å². The van der Waals surface area contributed by atoms with Crippen LogP contribution in [0.25, 0.3) is 17.2 Å². The summed E-state index contributed by atoms with van der Waals surface area (Å²) in [5.74, 6) is 0.0130. The highest BCUT2D eigenvalue weighted by Gasteiger charge is 2.52. The minimum Gasteiger partial charge on any atom is -0.449 e. The molecule has 0 atom stereocenters. The zero-order valence-electron chi connectivity index (χ0n) is 21.6. The molecule has 3 aromatic rings. The number of alkyl carbamates (subject to hydrolysis) is 1. The second-order valence-corrected chi connectivity index (χ2v) is 11.5. The van der Waals surface area contributed by atoms with Gasteiger partial charge in [-0.1, -0.05) is 82.7 Å². The molecule has 1 amide bonds. The molecule has 0 unspecified atom stereocenters. The number of nitrogens with one attached hydrogen (secondary N) is 1. The van der Waals surface area contributed by atoms with E-state index in [2.05, 4.69) is 45.5 Å². The lowest BCUT2D eigenvalue weighted by Crippen LogP contribution is -2.41. The number of carbonyl (C=O) groups is 1. The Kier molecular flexibility index (Phi) is 7.05. The second kappa shape index (κ2) is 10.1. The standard InChI is InChI=1S/C30H31BBrNO4/c1-29(2)30(3,4)37-31(36-29)21(17-20-13-15-22(32)16-14-20)18-33-28(34)35-19-27-25-11-7-5-9-23(25)24-10-6-8-12-26(24)27/h5-17,27H,18-19H2,1-4H3,(H,33,34). The molecule has 5 nitrogen and oxygen atoms in total. The van der Waals surface area contributed by atoms with Gasteiger partial charge in [0.2, 0.25) is 0 Å². The first-order valence-electron chi connectivity index (χ1n) is 12.6. The number of carbonyl (C=O) groups excluding carboxylic acids is 1. The molecule has 0 aromatic heterocycles. The summed E-state index contributed by atoms with van der Waals surface area (Å²) >= 11 is 3.48. The molecule has 0 saturated carbocycles. The summed E-state index contributed by atoms with van der Waals surface area (Å²) in [4.78, 5) is 12.8. The van der Waals surface area contributed by atoms with Crippen LogP contribution in [0.4, 0.5) is 4.79 Å². The highest BCUT2D eigenvalue weighted by atomic mass is 79.9. The summed E-state index contributed by atoms with van der Waals surface area (Å²) in [6.45, 7) is 8.57. The van der Waals surface area contributed by atoms with Gasteiger partial charge in [0, 0.05) is 16.9 Å². The summed E-state index contributed by atoms with van der Waals surface area (Å²) in [5.41, 5.74) is 5.60. The van der Waals surface area contributed by atoms with Crippen molar-refractivity contribution in [3.63, 3.8) is 0 Å². The topological polar surface area (TPSA) is 56.8 Å². The van der Waals surface area contributed by atoms with Crippen LogP contribution in [0.1, 0.15) is 50.3 Å². The molecule has 5 rings (SSSR count). The smallest absolute Gasteiger partial charge is 0.449 e. The van der Waals surface area contributed by atoms with Crippen LogP contribution >= 0.6 is 15.9 Å². The number of hydrogen-bond donors (Lipinski definition) is 1. The van der Waals surface area contributed by atoms with E-state index in [0.29, 0.717) is 0 Å². The Morgan fingerprint density at radius 1 is 0.919 bits per heavy atom. The first-order valence-corrected chi connectivity index (χ1v) is 13.3. The summed E-state index contributed by atoms with van der Waals surface area (Å²) in [7, 11) is -0.581. The van der Waals surface area contributed by atoms with Crippen LogP contribution in [0.5, 0.6) is 0 Å².